The molecule has 98 valence electrons. The molecule has 0 radical (unpaired) electrons. The highest BCUT2D eigenvalue weighted by Crippen LogP contribution is 2.30. The average molecular weight is 266 g/mol. The van der Waals surface area contributed by atoms with E-state index in [1.165, 1.54) is 6.07 Å². The number of hydrogen-bond acceptors (Lipinski definition) is 1. The van der Waals surface area contributed by atoms with E-state index >= 15 is 0 Å². The van der Waals surface area contributed by atoms with Crippen molar-refractivity contribution < 1.29 is 8.96 Å². The van der Waals surface area contributed by atoms with E-state index in [1.54, 1.807) is 6.07 Å². The van der Waals surface area contributed by atoms with Gasteiger partial charge in [0.1, 0.15) is 18.0 Å². The van der Waals surface area contributed by atoms with Gasteiger partial charge in [-0.1, -0.05) is 18.2 Å². The molecule has 0 spiro atoms. The highest BCUT2D eigenvalue weighted by Gasteiger charge is 2.33. The number of aryl methyl sites for hydroxylation is 1. The average Bonchev–Trinajstić information content (AvgIpc) is 2.93. The molecule has 1 aliphatic heterocycles. The van der Waals surface area contributed by atoms with E-state index in [0.29, 0.717) is 6.54 Å². The van der Waals surface area contributed by atoms with Crippen molar-refractivity contribution in [2.45, 2.75) is 13.5 Å². The molecule has 0 saturated heterocycles. The molecule has 0 aliphatic carbocycles. The molecule has 3 nitrogen and oxygen atoms in total. The monoisotopic (exact) mass is 266 g/mol. The molecule has 20 heavy (non-hydrogen) atoms. The molecular formula is C16H13FN3+. The predicted octanol–water partition coefficient (Wildman–Crippen LogP) is 2.64. The van der Waals surface area contributed by atoms with Crippen LogP contribution < -0.4 is 4.57 Å². The van der Waals surface area contributed by atoms with Crippen molar-refractivity contribution in [3.63, 3.8) is 0 Å². The Morgan fingerprint density at radius 3 is 2.75 bits per heavy atom. The van der Waals surface area contributed by atoms with Gasteiger partial charge in [0, 0.05) is 17.6 Å². The summed E-state index contributed by atoms with van der Waals surface area (Å²) in [5, 5.41) is 4.57. The molecule has 0 bridgehead atoms. The Hall–Kier alpha value is -2.49. The van der Waals surface area contributed by atoms with Crippen LogP contribution in [0.25, 0.3) is 17.1 Å². The number of benzene rings is 2. The van der Waals surface area contributed by atoms with Gasteiger partial charge in [-0.15, -0.1) is 4.68 Å². The molecule has 3 aromatic rings. The zero-order chi connectivity index (χ0) is 13.7. The Morgan fingerprint density at radius 2 is 1.95 bits per heavy atom. The van der Waals surface area contributed by atoms with Crippen molar-refractivity contribution in [2.75, 3.05) is 0 Å². The largest absolute Gasteiger partial charge is 0.279 e. The third kappa shape index (κ3) is 1.51. The van der Waals surface area contributed by atoms with Gasteiger partial charge in [0.05, 0.1) is 5.56 Å². The van der Waals surface area contributed by atoms with Crippen molar-refractivity contribution in [1.82, 2.24) is 9.78 Å². The first kappa shape index (κ1) is 11.3. The molecule has 0 atom stereocenters. The summed E-state index contributed by atoms with van der Waals surface area (Å²) in [6, 6.07) is 15.0. The standard InChI is InChI=1S/C16H13FN3/c1-11-18-19-10-12-9-13(17)7-8-15(12)16(19)20(11)14-5-3-2-4-6-14/h2-9H,10H2,1H3/q+1. The van der Waals surface area contributed by atoms with Crippen LogP contribution in [0.5, 0.6) is 0 Å². The molecule has 2 aromatic carbocycles. The summed E-state index contributed by atoms with van der Waals surface area (Å²) >= 11 is 0. The fourth-order valence-corrected chi connectivity index (χ4v) is 2.86. The first-order valence-corrected chi connectivity index (χ1v) is 6.58. The van der Waals surface area contributed by atoms with Gasteiger partial charge in [-0.3, -0.25) is 0 Å². The lowest BCUT2D eigenvalue weighted by Crippen LogP contribution is -2.34. The normalized spacial score (nSPS) is 12.3. The van der Waals surface area contributed by atoms with Gasteiger partial charge in [0.25, 0.3) is 11.6 Å². The van der Waals surface area contributed by atoms with Crippen LogP contribution in [0.15, 0.2) is 48.5 Å². The van der Waals surface area contributed by atoms with Crippen LogP contribution in [0.4, 0.5) is 4.39 Å². The number of para-hydroxylation sites is 1. The van der Waals surface area contributed by atoms with E-state index in [4.69, 9.17) is 0 Å². The Kier molecular flexibility index (Phi) is 2.27. The number of nitrogens with zero attached hydrogens (tertiary/aromatic N) is 3. The van der Waals surface area contributed by atoms with Gasteiger partial charge in [-0.05, 0) is 30.3 Å². The van der Waals surface area contributed by atoms with Gasteiger partial charge in [-0.25, -0.2) is 4.39 Å². The van der Waals surface area contributed by atoms with E-state index in [2.05, 4.69) is 21.8 Å². The van der Waals surface area contributed by atoms with Gasteiger partial charge >= 0.3 is 0 Å². The number of halogens is 1. The van der Waals surface area contributed by atoms with E-state index in [9.17, 15) is 4.39 Å². The second-order valence-electron chi connectivity index (χ2n) is 5.00. The molecule has 1 aromatic heterocycles. The maximum atomic E-state index is 13.4. The van der Waals surface area contributed by atoms with E-state index in [1.807, 2.05) is 35.9 Å². The Bertz CT molecular complexity index is 806. The fourth-order valence-electron chi connectivity index (χ4n) is 2.86. The maximum absolute atomic E-state index is 13.4. The van der Waals surface area contributed by atoms with Crippen LogP contribution in [-0.2, 0) is 6.54 Å². The lowest BCUT2D eigenvalue weighted by molar-refractivity contribution is -0.591. The van der Waals surface area contributed by atoms with Gasteiger partial charge < -0.3 is 0 Å². The lowest BCUT2D eigenvalue weighted by Gasteiger charge is -2.02. The highest BCUT2D eigenvalue weighted by molar-refractivity contribution is 5.62. The summed E-state index contributed by atoms with van der Waals surface area (Å²) in [4.78, 5) is 0. The Balaban J connectivity index is 1.99. The number of fused-ring (bicyclic) bond motifs is 3. The number of rotatable bonds is 1. The first-order chi connectivity index (χ1) is 9.74. The summed E-state index contributed by atoms with van der Waals surface area (Å²) in [6.07, 6.45) is 0. The molecule has 4 rings (SSSR count). The van der Waals surface area contributed by atoms with Crippen molar-refractivity contribution in [1.29, 1.82) is 0 Å². The quantitative estimate of drug-likeness (QED) is 0.485. The van der Waals surface area contributed by atoms with Crippen LogP contribution in [0.2, 0.25) is 0 Å². The second-order valence-corrected chi connectivity index (χ2v) is 5.00. The van der Waals surface area contributed by atoms with Crippen LogP contribution >= 0.6 is 0 Å². The van der Waals surface area contributed by atoms with Crippen molar-refractivity contribution in [3.05, 3.63) is 65.7 Å². The highest BCUT2D eigenvalue weighted by atomic mass is 19.1. The second kappa shape index (κ2) is 4.00. The predicted molar refractivity (Wildman–Crippen MR) is 73.0 cm³/mol. The molecule has 1 aliphatic rings. The minimum Gasteiger partial charge on any atom is -0.207 e. The van der Waals surface area contributed by atoms with E-state index in [0.717, 1.165) is 28.5 Å². The molecule has 4 heteroatoms. The summed E-state index contributed by atoms with van der Waals surface area (Å²) in [7, 11) is 0. The lowest BCUT2D eigenvalue weighted by atomic mass is 10.1. The Morgan fingerprint density at radius 1 is 1.15 bits per heavy atom. The molecule has 0 fully saturated rings. The first-order valence-electron chi connectivity index (χ1n) is 6.58. The zero-order valence-electron chi connectivity index (χ0n) is 11.0. The SMILES string of the molecule is Cc1nn2c([n+]1-c1ccccc1)-c1ccc(F)cc1C2. The van der Waals surface area contributed by atoms with Crippen molar-refractivity contribution in [3.8, 4) is 17.1 Å². The number of aromatic nitrogens is 3. The van der Waals surface area contributed by atoms with Crippen molar-refractivity contribution in [2.24, 2.45) is 0 Å². The van der Waals surface area contributed by atoms with Crippen molar-refractivity contribution >= 4 is 0 Å². The van der Waals surface area contributed by atoms with Crippen LogP contribution in [0, 0.1) is 12.7 Å². The summed E-state index contributed by atoms with van der Waals surface area (Å²) in [5.74, 6) is 1.75. The minimum atomic E-state index is -0.197. The zero-order valence-corrected chi connectivity index (χ0v) is 11.0. The van der Waals surface area contributed by atoms with Gasteiger partial charge in [0.15, 0.2) is 0 Å². The van der Waals surface area contributed by atoms with Gasteiger partial charge in [-0.2, -0.15) is 4.57 Å². The third-order valence-corrected chi connectivity index (χ3v) is 3.69. The molecule has 0 N–H and O–H groups in total. The maximum Gasteiger partial charge on any atom is 0.279 e. The number of hydrogen-bond donors (Lipinski definition) is 0. The van der Waals surface area contributed by atoms with Crippen LogP contribution in [0.1, 0.15) is 11.4 Å². The molecule has 2 heterocycles. The van der Waals surface area contributed by atoms with E-state index < -0.39 is 0 Å². The van der Waals surface area contributed by atoms with Gasteiger partial charge in [0.2, 0.25) is 0 Å². The summed E-state index contributed by atoms with van der Waals surface area (Å²) in [6.45, 7) is 2.62. The molecule has 0 unspecified atom stereocenters. The summed E-state index contributed by atoms with van der Waals surface area (Å²) < 4.78 is 17.4. The topological polar surface area (TPSA) is 21.7 Å². The van der Waals surface area contributed by atoms with Crippen LogP contribution in [0.3, 0.4) is 0 Å². The smallest absolute Gasteiger partial charge is 0.207 e. The summed E-state index contributed by atoms with van der Waals surface area (Å²) in [5.41, 5.74) is 3.11. The fraction of sp³-hybridized carbons (Fsp3) is 0.125. The molecular weight excluding hydrogens is 253 g/mol. The van der Waals surface area contributed by atoms with Crippen LogP contribution in [-0.4, -0.2) is 9.78 Å². The van der Waals surface area contributed by atoms with E-state index in [-0.39, 0.29) is 5.82 Å². The molecule has 0 saturated carbocycles. The Labute approximate surface area is 115 Å². The minimum absolute atomic E-state index is 0.197. The third-order valence-electron chi connectivity index (χ3n) is 3.69. The molecule has 0 amide bonds.